The Labute approximate surface area is 813 Å². The zero-order valence-corrected chi connectivity index (χ0v) is 81.6. The molecule has 18 atom stereocenters. The molecule has 17 rings (SSSR count). The van der Waals surface area contributed by atoms with Crippen molar-refractivity contribution in [2.75, 3.05) is 67.5 Å². The molecule has 0 spiro atoms. The Morgan fingerprint density at radius 1 is 0.582 bits per heavy atom. The molecule has 4 bridgehead atoms. The van der Waals surface area contributed by atoms with Crippen LogP contribution < -0.4 is 38.5 Å². The summed E-state index contributed by atoms with van der Waals surface area (Å²) in [6.45, 7) is 17.8. The van der Waals surface area contributed by atoms with Gasteiger partial charge in [0.25, 0.3) is 22.9 Å². The first-order chi connectivity index (χ1) is 66.4. The number of anilines is 4. The summed E-state index contributed by atoms with van der Waals surface area (Å²) >= 11 is 2.29. The first kappa shape index (κ1) is 106. The van der Waals surface area contributed by atoms with Crippen molar-refractivity contribution in [1.82, 2.24) is 89.2 Å². The van der Waals surface area contributed by atoms with E-state index in [0.717, 1.165) is 11.8 Å². The molecule has 6 aliphatic heterocycles. The van der Waals surface area contributed by atoms with Crippen LogP contribution in [-0.2, 0) is 78.7 Å². The molecule has 55 heteroatoms. The van der Waals surface area contributed by atoms with Gasteiger partial charge in [0.1, 0.15) is 65.1 Å². The fourth-order valence-corrected chi connectivity index (χ4v) is 23.4. The largest absolute Gasteiger partial charge is 0.506 e. The number of aromatic amines is 2. The lowest BCUT2D eigenvalue weighted by Gasteiger charge is -2.40. The Bertz CT molecular complexity index is 6640. The van der Waals surface area contributed by atoms with Gasteiger partial charge in [0, 0.05) is 46.5 Å². The van der Waals surface area contributed by atoms with Crippen LogP contribution in [0.3, 0.4) is 0 Å². The highest BCUT2D eigenvalue weighted by Crippen LogP contribution is 2.62. The number of pyridine rings is 1. The number of carbonyl (C=O) groups excluding carboxylic acids is 4. The topological polar surface area (TPSA) is 675 Å². The highest BCUT2D eigenvalue weighted by atomic mass is 32.2. The number of amides is 4. The van der Waals surface area contributed by atoms with E-state index in [1.807, 2.05) is 71.1 Å². The number of nitrogens with zero attached hydrogens (tertiary/aromatic N) is 17. The summed E-state index contributed by atoms with van der Waals surface area (Å²) in [4.78, 5) is 154. The molecular formula is C86H106N24O26P2S2Si. The van der Waals surface area contributed by atoms with Crippen molar-refractivity contribution in [2.24, 2.45) is 17.8 Å². The zero-order chi connectivity index (χ0) is 99.2. The van der Waals surface area contributed by atoms with Gasteiger partial charge in [-0.3, -0.25) is 99.8 Å². The summed E-state index contributed by atoms with van der Waals surface area (Å²) in [5.41, 5.74) is -2.40. The van der Waals surface area contributed by atoms with Crippen LogP contribution in [-0.4, -0.2) is 253 Å². The van der Waals surface area contributed by atoms with E-state index < -0.39 is 201 Å². The highest BCUT2D eigenvalue weighted by Gasteiger charge is 2.67. The molecule has 9 aromatic heterocycles. The number of nitrogens with one attached hydrogen (secondary N) is 6. The Morgan fingerprint density at radius 3 is 1.43 bits per heavy atom. The maximum absolute atomic E-state index is 15.0. The number of phosphoric ester groups is 2. The van der Waals surface area contributed by atoms with Crippen LogP contribution in [0.1, 0.15) is 133 Å². The van der Waals surface area contributed by atoms with E-state index >= 15 is 4.57 Å². The molecular weight excluding hydrogens is 1940 g/mol. The standard InChI is InChI=1S/C42H52N11O14PSSi.C38H42N11O12PS.C5H5N.CH4.H3N/c1-22(2)34(55)50-39-49-33-26(36(57)51-39)47-21-53(33)38-28(64-40(58)59)27(67-70(6,7)41(3,4)5)24(69-38)16-63-68(60,62-15-11-14-43)66-30-29-37(65-42(30,17-54)18-61-29)52-20-46-25-31(44-19-45-32(25)52)48-35(56)23-12-9-8-10-13-23;1-5-38-15-56-26(34(60-38)48-17-42-23-28(40-16-41-29(23)48)44-32(51)21-10-7-6-8-11-21)27(38)61-62(55,57-13-9-12-39)58-14-22-20(4)25(59-37(53)54)35(63-22)49-18-43-24-30(49)45-36(47-33(24)52)46-31(50)19(2)3;1-2-4-6-5-3-1;;/h8-10,12-13,19-22,24,27-30,37-38,54H,11,15-18H2,1-7H3,(H,58,59)(H,44,45,48,56)(H2,49,50,51,55,57);6-8,10-11,16-20,22,25-27,34-35H,5,9,13-15H2,1-4H3,(H,53,54)(H,40,41,44,51)(H2,45,46,47,50,52);1-5H;1H4;1H3/t24-,27-,28-,29-,30+,37-,38-,42+,68?;20-,22-,25-,26-,27+,34-,35-,38+,62?;;;/m11.../s1. The summed E-state index contributed by atoms with van der Waals surface area (Å²) in [5, 5.41) is 56.4. The minimum atomic E-state index is -4.81. The molecule has 752 valence electrons. The number of carbonyl (C=O) groups is 6. The maximum Gasteiger partial charge on any atom is 0.506 e. The van der Waals surface area contributed by atoms with E-state index in [1.165, 1.54) is 63.4 Å². The number of aromatic nitrogens is 17. The number of thioether (sulfide) groups is 2. The molecule has 0 radical (unpaired) electrons. The Balaban J connectivity index is 0.000000221. The first-order valence-corrected chi connectivity index (χ1v) is 51.5. The Kier molecular flexibility index (Phi) is 33.4. The van der Waals surface area contributed by atoms with Crippen molar-refractivity contribution in [2.45, 2.75) is 195 Å². The number of rotatable bonds is 34. The molecule has 141 heavy (non-hydrogen) atoms. The number of imidazole rings is 4. The molecule has 2 aromatic carbocycles. The van der Waals surface area contributed by atoms with Crippen LogP contribution in [0.2, 0.25) is 18.1 Å². The van der Waals surface area contributed by atoms with Crippen LogP contribution in [0.25, 0.3) is 44.7 Å². The van der Waals surface area contributed by atoms with Gasteiger partial charge < -0.3 is 65.0 Å². The molecule has 6 saturated heterocycles. The van der Waals surface area contributed by atoms with Crippen molar-refractivity contribution in [3.05, 3.63) is 161 Å². The smallest absolute Gasteiger partial charge is 0.450 e. The summed E-state index contributed by atoms with van der Waals surface area (Å²) in [7, 11) is -12.2. The van der Waals surface area contributed by atoms with Gasteiger partial charge in [0.05, 0.1) is 108 Å². The van der Waals surface area contributed by atoms with Crippen molar-refractivity contribution in [1.29, 1.82) is 10.5 Å². The minimum absolute atomic E-state index is 0. The monoisotopic (exact) mass is 2040 g/mol. The van der Waals surface area contributed by atoms with Gasteiger partial charge >= 0.3 is 28.0 Å². The number of aliphatic hydroxyl groups is 1. The van der Waals surface area contributed by atoms with Gasteiger partial charge in [-0.15, -0.1) is 23.5 Å². The van der Waals surface area contributed by atoms with Gasteiger partial charge in [0.15, 0.2) is 83.2 Å². The van der Waals surface area contributed by atoms with Crippen LogP contribution in [0.5, 0.6) is 0 Å². The fourth-order valence-electron chi connectivity index (χ4n) is 15.7. The zero-order valence-electron chi connectivity index (χ0n) is 77.2. The second-order valence-electron chi connectivity index (χ2n) is 34.8. The number of carboxylic acid groups (broad SMARTS) is 2. The third kappa shape index (κ3) is 22.7. The van der Waals surface area contributed by atoms with Gasteiger partial charge in [0.2, 0.25) is 23.7 Å². The van der Waals surface area contributed by atoms with Crippen molar-refractivity contribution in [3.8, 4) is 12.1 Å². The number of nitriles is 2. The second kappa shape index (κ2) is 44.4. The number of phosphoric acid groups is 2. The fraction of sp³-hybridized carbons (Fsp3) is 0.477. The molecule has 50 nitrogen and oxygen atoms in total. The molecule has 0 aliphatic carbocycles. The molecule has 6 fully saturated rings. The average molecular weight is 2050 g/mol. The third-order valence-corrected chi connectivity index (χ3v) is 34.6. The third-order valence-electron chi connectivity index (χ3n) is 24.0. The second-order valence-corrected chi connectivity index (χ2v) is 45.5. The molecule has 2 unspecified atom stereocenters. The summed E-state index contributed by atoms with van der Waals surface area (Å²) in [6.07, 6.45) is -1.57. The van der Waals surface area contributed by atoms with E-state index in [-0.39, 0.29) is 115 Å². The number of hydrogen-bond acceptors (Lipinski definition) is 40. The number of ether oxygens (including phenoxy) is 6. The lowest BCUT2D eigenvalue weighted by molar-refractivity contribution is -0.185. The van der Waals surface area contributed by atoms with E-state index in [9.17, 15) is 68.8 Å². The van der Waals surface area contributed by atoms with Gasteiger partial charge in [-0.2, -0.15) is 20.5 Å². The van der Waals surface area contributed by atoms with Crippen molar-refractivity contribution < 1.29 is 113 Å². The predicted molar refractivity (Wildman–Crippen MR) is 508 cm³/mol. The van der Waals surface area contributed by atoms with Gasteiger partial charge in [-0.1, -0.05) is 112 Å². The molecule has 4 amide bonds. The number of hydrogen-bond donors (Lipinski definition) is 10. The van der Waals surface area contributed by atoms with Crippen LogP contribution in [0, 0.1) is 40.4 Å². The van der Waals surface area contributed by atoms with Gasteiger partial charge in [-0.25, -0.2) is 58.6 Å². The average Bonchev–Trinajstić information content (AvgIpc) is 1.56. The van der Waals surface area contributed by atoms with Crippen molar-refractivity contribution in [3.63, 3.8) is 0 Å². The van der Waals surface area contributed by atoms with Gasteiger partial charge in [-0.05, 0) is 61.0 Å². The molecule has 15 heterocycles. The van der Waals surface area contributed by atoms with E-state index in [0.29, 0.717) is 23.2 Å². The Morgan fingerprint density at radius 2 is 1.00 bits per heavy atom. The first-order valence-electron chi connectivity index (χ1n) is 43.8. The lowest BCUT2D eigenvalue weighted by Crippen LogP contribution is -2.50. The van der Waals surface area contributed by atoms with Crippen molar-refractivity contribution >= 4 is 152 Å². The maximum atomic E-state index is 15.0. The molecule has 6 aliphatic rings. The van der Waals surface area contributed by atoms with Crippen LogP contribution in [0.15, 0.2) is 139 Å². The molecule has 11 aromatic rings. The van der Waals surface area contributed by atoms with E-state index in [2.05, 4.69) is 86.1 Å². The lowest BCUT2D eigenvalue weighted by atomic mass is 9.96. The number of benzene rings is 2. The normalized spacial score (nSPS) is 24.6. The van der Waals surface area contributed by atoms with E-state index in [1.54, 1.807) is 112 Å². The SMILES string of the molecule is C.CC(C)C(=O)Nc1nc2c(ncn2[C@@H]2S[C@H](COP(=O)(OCCC#N)O[C@H]3[C@H]4OC[C@]3(CO)O[C@H]4n3cnc4c(NC(=O)c5ccccc5)ncnc43)[C@@H](O[Si](C)(C)C(C)(C)C)[C@H]2OC(=O)O)c(=O)[nH]1.CC[C@@]12CO[C@@H]([C@H](n3cnc4c(NC(=O)c5ccccc5)ncnc43)O1)[C@@H]2OP(=O)(OCCC#N)OC[C@H]1S[C@@H](n2cnc3c(=O)[nH]c(NC(=O)C(C)C)nc32)[C@H](OC(=O)O)[C@@H]1C.N.c1ccncc1. The summed E-state index contributed by atoms with van der Waals surface area (Å²) in [6, 6.07) is 26.7. The highest BCUT2D eigenvalue weighted by molar-refractivity contribution is 8.00. The van der Waals surface area contributed by atoms with Crippen LogP contribution in [0.4, 0.5) is 33.1 Å². The quantitative estimate of drug-likeness (QED) is 0.00775. The molecule has 0 saturated carbocycles. The summed E-state index contributed by atoms with van der Waals surface area (Å²) < 4.78 is 115. The summed E-state index contributed by atoms with van der Waals surface area (Å²) in [5.74, 6) is -3.12. The number of fused-ring (bicyclic) bond motifs is 8. The number of H-pyrrole nitrogens is 2. The van der Waals surface area contributed by atoms with E-state index in [4.69, 9.17) is 60.0 Å². The minimum Gasteiger partial charge on any atom is -0.450 e. The Hall–Kier alpha value is -12.4. The van der Waals surface area contributed by atoms with Crippen LogP contribution >= 0.6 is 39.2 Å². The number of aliphatic hydroxyl groups excluding tert-OH is 1. The molecule has 12 N–H and O–H groups in total. The predicted octanol–water partition coefficient (Wildman–Crippen LogP) is 11.5.